The number of hydrogen-bond donors (Lipinski definition) is 1. The number of hydrogen-bond acceptors (Lipinski definition) is 4. The van der Waals surface area contributed by atoms with Gasteiger partial charge in [0.05, 0.1) is 16.8 Å². The van der Waals surface area contributed by atoms with Crippen molar-refractivity contribution in [3.8, 4) is 11.3 Å². The third kappa shape index (κ3) is 4.61. The molecule has 5 nitrogen and oxygen atoms in total. The van der Waals surface area contributed by atoms with Crippen LogP contribution in [0.1, 0.15) is 48.5 Å². The van der Waals surface area contributed by atoms with E-state index in [-0.39, 0.29) is 18.6 Å². The van der Waals surface area contributed by atoms with Crippen LogP contribution >= 0.6 is 0 Å². The Morgan fingerprint density at radius 1 is 1.03 bits per heavy atom. The average Bonchev–Trinajstić information content (AvgIpc) is 2.79. The molecular weight excluding hydrogens is 388 g/mol. The zero-order valence-electron chi connectivity index (χ0n) is 18.1. The highest BCUT2D eigenvalue weighted by molar-refractivity contribution is 6.06. The summed E-state index contributed by atoms with van der Waals surface area (Å²) in [5, 5.41) is 3.76. The number of amides is 1. The van der Waals surface area contributed by atoms with Crippen molar-refractivity contribution < 1.29 is 14.3 Å². The van der Waals surface area contributed by atoms with Gasteiger partial charge in [0, 0.05) is 17.0 Å². The molecule has 1 aliphatic carbocycles. The molecule has 3 aromatic rings. The Bertz CT molecular complexity index is 1090. The van der Waals surface area contributed by atoms with Crippen molar-refractivity contribution >= 4 is 22.8 Å². The standard InChI is InChI=1S/C26H28N2O3/c1-17-10-6-8-14-21(17)27-23(29)16-31-26(30)24-18(2)25(19-11-4-3-5-12-19)28-22-15-9-7-13-20(22)24/h3-5,7,9,11-13,15,17,21H,6,8,10,14,16H2,1-2H3,(H,27,29)/t17-,21-/m0/s1. The lowest BCUT2D eigenvalue weighted by atomic mass is 9.86. The monoisotopic (exact) mass is 416 g/mol. The fourth-order valence-corrected chi connectivity index (χ4v) is 4.43. The fourth-order valence-electron chi connectivity index (χ4n) is 4.43. The van der Waals surface area contributed by atoms with Gasteiger partial charge in [0.15, 0.2) is 6.61 Å². The van der Waals surface area contributed by atoms with Crippen LogP contribution in [-0.4, -0.2) is 29.5 Å². The smallest absolute Gasteiger partial charge is 0.339 e. The van der Waals surface area contributed by atoms with E-state index in [0.29, 0.717) is 11.5 Å². The Morgan fingerprint density at radius 3 is 2.52 bits per heavy atom. The van der Waals surface area contributed by atoms with Gasteiger partial charge in [-0.2, -0.15) is 0 Å². The molecule has 1 heterocycles. The van der Waals surface area contributed by atoms with E-state index in [1.807, 2.05) is 61.5 Å². The Kier molecular flexibility index (Phi) is 6.31. The largest absolute Gasteiger partial charge is 0.452 e. The summed E-state index contributed by atoms with van der Waals surface area (Å²) in [6.07, 6.45) is 4.44. The molecular formula is C26H28N2O3. The summed E-state index contributed by atoms with van der Waals surface area (Å²) >= 11 is 0. The van der Waals surface area contributed by atoms with Crippen LogP contribution < -0.4 is 5.32 Å². The number of aromatic nitrogens is 1. The van der Waals surface area contributed by atoms with E-state index < -0.39 is 5.97 Å². The van der Waals surface area contributed by atoms with E-state index in [9.17, 15) is 9.59 Å². The lowest BCUT2D eigenvalue weighted by Crippen LogP contribution is -2.42. The molecule has 1 N–H and O–H groups in total. The Balaban J connectivity index is 1.57. The molecule has 5 heteroatoms. The number of ether oxygens (including phenoxy) is 1. The van der Waals surface area contributed by atoms with E-state index in [0.717, 1.165) is 47.0 Å². The molecule has 0 spiro atoms. The number of benzene rings is 2. The second kappa shape index (κ2) is 9.29. The van der Waals surface area contributed by atoms with Gasteiger partial charge in [0.1, 0.15) is 0 Å². The number of nitrogens with one attached hydrogen (secondary N) is 1. The molecule has 4 rings (SSSR count). The summed E-state index contributed by atoms with van der Waals surface area (Å²) in [4.78, 5) is 30.3. The van der Waals surface area contributed by atoms with Gasteiger partial charge in [-0.1, -0.05) is 68.3 Å². The van der Waals surface area contributed by atoms with Gasteiger partial charge in [-0.25, -0.2) is 9.78 Å². The first-order valence-electron chi connectivity index (χ1n) is 11.0. The first-order chi connectivity index (χ1) is 15.0. The normalized spacial score (nSPS) is 18.5. The predicted molar refractivity (Wildman–Crippen MR) is 122 cm³/mol. The van der Waals surface area contributed by atoms with Crippen molar-refractivity contribution in [3.63, 3.8) is 0 Å². The molecule has 0 unspecified atom stereocenters. The Morgan fingerprint density at radius 2 is 1.74 bits per heavy atom. The number of rotatable bonds is 5. The van der Waals surface area contributed by atoms with Gasteiger partial charge >= 0.3 is 5.97 Å². The molecule has 1 amide bonds. The second-order valence-electron chi connectivity index (χ2n) is 8.36. The molecule has 1 saturated carbocycles. The minimum atomic E-state index is -0.500. The predicted octanol–water partition coefficient (Wildman–Crippen LogP) is 5.06. The maximum Gasteiger partial charge on any atom is 0.339 e. The fraction of sp³-hybridized carbons (Fsp3) is 0.346. The van der Waals surface area contributed by atoms with Crippen LogP contribution in [-0.2, 0) is 9.53 Å². The van der Waals surface area contributed by atoms with Crippen LogP contribution in [0.5, 0.6) is 0 Å². The number of carbonyl (C=O) groups is 2. The van der Waals surface area contributed by atoms with Gasteiger partial charge < -0.3 is 10.1 Å². The van der Waals surface area contributed by atoms with Crippen LogP contribution in [0, 0.1) is 12.8 Å². The molecule has 1 aliphatic rings. The topological polar surface area (TPSA) is 68.3 Å². The zero-order chi connectivity index (χ0) is 21.8. The number of nitrogens with zero attached hydrogens (tertiary/aromatic N) is 1. The Labute approximate surface area is 182 Å². The number of pyridine rings is 1. The van der Waals surface area contributed by atoms with E-state index in [1.165, 1.54) is 6.42 Å². The highest BCUT2D eigenvalue weighted by Crippen LogP contribution is 2.30. The summed E-state index contributed by atoms with van der Waals surface area (Å²) in [5.74, 6) is -0.292. The van der Waals surface area contributed by atoms with Crippen LogP contribution in [0.25, 0.3) is 22.2 Å². The summed E-state index contributed by atoms with van der Waals surface area (Å²) in [7, 11) is 0. The van der Waals surface area contributed by atoms with Gasteiger partial charge in [-0.15, -0.1) is 0 Å². The zero-order valence-corrected chi connectivity index (χ0v) is 18.1. The van der Waals surface area contributed by atoms with Crippen LogP contribution in [0.15, 0.2) is 54.6 Å². The van der Waals surface area contributed by atoms with Crippen molar-refractivity contribution in [2.45, 2.75) is 45.6 Å². The first kappa shape index (κ1) is 21.0. The molecule has 31 heavy (non-hydrogen) atoms. The molecule has 0 bridgehead atoms. The molecule has 2 atom stereocenters. The molecule has 160 valence electrons. The summed E-state index contributed by atoms with van der Waals surface area (Å²) < 4.78 is 5.47. The Hall–Kier alpha value is -3.21. The lowest BCUT2D eigenvalue weighted by Gasteiger charge is -2.29. The van der Waals surface area contributed by atoms with Crippen LogP contribution in [0.2, 0.25) is 0 Å². The van der Waals surface area contributed by atoms with E-state index in [2.05, 4.69) is 12.2 Å². The quantitative estimate of drug-likeness (QED) is 0.590. The van der Waals surface area contributed by atoms with E-state index in [1.54, 1.807) is 0 Å². The minimum Gasteiger partial charge on any atom is -0.452 e. The lowest BCUT2D eigenvalue weighted by molar-refractivity contribution is -0.125. The SMILES string of the molecule is Cc1c(-c2ccccc2)nc2ccccc2c1C(=O)OCC(=O)N[C@H]1CCCC[C@@H]1C. The molecule has 2 aromatic carbocycles. The number of para-hydroxylation sites is 1. The van der Waals surface area contributed by atoms with Gasteiger partial charge in [0.2, 0.25) is 0 Å². The van der Waals surface area contributed by atoms with Crippen molar-refractivity contribution in [2.24, 2.45) is 5.92 Å². The average molecular weight is 417 g/mol. The number of carbonyl (C=O) groups excluding carboxylic acids is 2. The van der Waals surface area contributed by atoms with Crippen molar-refractivity contribution in [1.29, 1.82) is 0 Å². The third-order valence-corrected chi connectivity index (χ3v) is 6.18. The highest BCUT2D eigenvalue weighted by atomic mass is 16.5. The summed E-state index contributed by atoms with van der Waals surface area (Å²) in [6, 6.07) is 17.5. The number of esters is 1. The highest BCUT2D eigenvalue weighted by Gasteiger charge is 2.24. The minimum absolute atomic E-state index is 0.160. The van der Waals surface area contributed by atoms with E-state index in [4.69, 9.17) is 9.72 Å². The summed E-state index contributed by atoms with van der Waals surface area (Å²) in [6.45, 7) is 3.76. The second-order valence-corrected chi connectivity index (χ2v) is 8.36. The van der Waals surface area contributed by atoms with Crippen LogP contribution in [0.4, 0.5) is 0 Å². The molecule has 0 radical (unpaired) electrons. The van der Waals surface area contributed by atoms with Crippen LogP contribution in [0.3, 0.4) is 0 Å². The van der Waals surface area contributed by atoms with Gasteiger partial charge in [-0.3, -0.25) is 4.79 Å². The third-order valence-electron chi connectivity index (χ3n) is 6.18. The maximum atomic E-state index is 13.1. The van der Waals surface area contributed by atoms with Crippen molar-refractivity contribution in [2.75, 3.05) is 6.61 Å². The number of fused-ring (bicyclic) bond motifs is 1. The van der Waals surface area contributed by atoms with Gasteiger partial charge in [-0.05, 0) is 37.3 Å². The molecule has 1 aromatic heterocycles. The molecule has 0 saturated heterocycles. The van der Waals surface area contributed by atoms with Crippen molar-refractivity contribution in [3.05, 3.63) is 65.7 Å². The maximum absolute atomic E-state index is 13.1. The van der Waals surface area contributed by atoms with Crippen molar-refractivity contribution in [1.82, 2.24) is 10.3 Å². The molecule has 0 aliphatic heterocycles. The van der Waals surface area contributed by atoms with E-state index >= 15 is 0 Å². The molecule has 1 fully saturated rings. The first-order valence-corrected chi connectivity index (χ1v) is 11.0. The summed E-state index contributed by atoms with van der Waals surface area (Å²) in [5.41, 5.74) is 3.61. The van der Waals surface area contributed by atoms with Gasteiger partial charge in [0.25, 0.3) is 5.91 Å².